The van der Waals surface area contributed by atoms with E-state index in [-0.39, 0.29) is 0 Å². The first-order valence-corrected chi connectivity index (χ1v) is 2.84. The number of fused-ring (bicyclic) bond motifs is 1. The van der Waals surface area contributed by atoms with Crippen molar-refractivity contribution in [3.63, 3.8) is 0 Å². The fourth-order valence-corrected chi connectivity index (χ4v) is 0.884. The molecule has 0 aliphatic carbocycles. The molecule has 0 saturated carbocycles. The molecule has 44 valence electrons. The highest BCUT2D eigenvalue weighted by Gasteiger charge is 1.86. The highest BCUT2D eigenvalue weighted by atomic mass is 14.6. The molecule has 0 aliphatic rings. The lowest BCUT2D eigenvalue weighted by Gasteiger charge is -1.83. The highest BCUT2D eigenvalue weighted by Crippen LogP contribution is 2.09. The van der Waals surface area contributed by atoms with Gasteiger partial charge in [0.1, 0.15) is 0 Å². The Balaban J connectivity index is 2.86. The van der Waals surface area contributed by atoms with Gasteiger partial charge in [0, 0.05) is 11.7 Å². The number of benzene rings is 1. The summed E-state index contributed by atoms with van der Waals surface area (Å²) >= 11 is 0. The maximum atomic E-state index is 7.37. The normalized spacial score (nSPS) is 13.3. The van der Waals surface area contributed by atoms with Crippen molar-refractivity contribution in [3.8, 4) is 0 Å². The standard InChI is InChI=1S/C8H7N/c1-2-4-8-7(3-1)5-6-9-8/h1-6,9H/i1D/hD. The molecule has 0 saturated heterocycles. The van der Waals surface area contributed by atoms with Gasteiger partial charge in [-0.15, -0.1) is 0 Å². The molecule has 0 radical (unpaired) electrons. The van der Waals surface area contributed by atoms with E-state index in [4.69, 9.17) is 2.78 Å². The maximum absolute atomic E-state index is 7.37. The zero-order valence-corrected chi connectivity index (χ0v) is 4.83. The average Bonchev–Trinajstić information content (AvgIpc) is 2.32. The smallest absolute Gasteiger partial charge is 0.166 e. The van der Waals surface area contributed by atoms with Gasteiger partial charge in [0.25, 0.3) is 0 Å². The molecule has 2 rings (SSSR count). The second kappa shape index (κ2) is 1.62. The number of rotatable bonds is 0. The van der Waals surface area contributed by atoms with Crippen LogP contribution in [0, 0.1) is 0 Å². The number of H-pyrrole nitrogens is 1. The molecule has 0 amide bonds. The summed E-state index contributed by atoms with van der Waals surface area (Å²) in [7, 11) is 0. The molecule has 2 aromatic rings. The molecule has 0 aliphatic heterocycles. The molecule has 0 fully saturated rings. The summed E-state index contributed by atoms with van der Waals surface area (Å²) in [6, 6.07) is 7.54. The van der Waals surface area contributed by atoms with Crippen LogP contribution in [-0.2, 0) is 0 Å². The Morgan fingerprint density at radius 2 is 2.44 bits per heavy atom. The van der Waals surface area contributed by atoms with Crippen molar-refractivity contribution >= 4 is 10.9 Å². The lowest BCUT2D eigenvalue weighted by Crippen LogP contribution is -1.61. The Morgan fingerprint density at radius 1 is 1.44 bits per heavy atom. The molecular weight excluding hydrogens is 110 g/mol. The molecule has 1 heterocycles. The Hall–Kier alpha value is -1.24. The van der Waals surface area contributed by atoms with Gasteiger partial charge in [-0.05, 0) is 17.5 Å². The zero-order chi connectivity index (χ0) is 7.84. The zero-order valence-electron chi connectivity index (χ0n) is 6.83. The van der Waals surface area contributed by atoms with Gasteiger partial charge in [-0.1, -0.05) is 18.2 Å². The summed E-state index contributed by atoms with van der Waals surface area (Å²) in [6.45, 7) is 0. The van der Waals surface area contributed by atoms with Gasteiger partial charge < -0.3 is 4.98 Å². The van der Waals surface area contributed by atoms with E-state index in [9.17, 15) is 0 Å². The second-order valence-electron chi connectivity index (χ2n) is 1.93. The first-order chi connectivity index (χ1) is 5.27. The van der Waals surface area contributed by atoms with E-state index in [0.29, 0.717) is 6.04 Å². The van der Waals surface area contributed by atoms with E-state index >= 15 is 0 Å². The van der Waals surface area contributed by atoms with Crippen LogP contribution >= 0.6 is 0 Å². The van der Waals surface area contributed by atoms with Crippen LogP contribution in [0.5, 0.6) is 0 Å². The Bertz CT molecular complexity index is 392. The highest BCUT2D eigenvalue weighted by molar-refractivity contribution is 5.78. The minimum absolute atomic E-state index is 0.490. The van der Waals surface area contributed by atoms with E-state index in [1.165, 1.54) is 4.98 Å². The third-order valence-electron chi connectivity index (χ3n) is 1.34. The van der Waals surface area contributed by atoms with Gasteiger partial charge >= 0.3 is 0 Å². The van der Waals surface area contributed by atoms with Crippen LogP contribution in [0.4, 0.5) is 0 Å². The summed E-state index contributed by atoms with van der Waals surface area (Å²) in [5, 5.41) is 0.951. The van der Waals surface area contributed by atoms with Crippen LogP contribution in [0.25, 0.3) is 10.9 Å². The van der Waals surface area contributed by atoms with Crippen molar-refractivity contribution in [2.75, 3.05) is 0 Å². The lowest BCUT2D eigenvalue weighted by molar-refractivity contribution is 1.48. The SMILES string of the molecule is [2H]c1ccc2c(ccn2[2H])c1. The van der Waals surface area contributed by atoms with Gasteiger partial charge in [0.2, 0.25) is 0 Å². The Morgan fingerprint density at radius 3 is 3.44 bits per heavy atom. The Labute approximate surface area is 56.2 Å². The second-order valence-corrected chi connectivity index (χ2v) is 1.93. The van der Waals surface area contributed by atoms with Crippen molar-refractivity contribution in [2.45, 2.75) is 0 Å². The molecule has 1 nitrogen and oxygen atoms in total. The largest absolute Gasteiger partial charge is 0.361 e. The summed E-state index contributed by atoms with van der Waals surface area (Å²) in [5.41, 5.74) is 0.848. The first-order valence-electron chi connectivity index (χ1n) is 3.79. The number of nitrogens with one attached hydrogen (secondary N) is 1. The van der Waals surface area contributed by atoms with Gasteiger partial charge in [-0.25, -0.2) is 0 Å². The number of hydrogen-bond donors (Lipinski definition) is 1. The van der Waals surface area contributed by atoms with Crippen molar-refractivity contribution in [3.05, 3.63) is 36.5 Å². The van der Waals surface area contributed by atoms with Gasteiger partial charge in [0.15, 0.2) is 1.41 Å². The summed E-state index contributed by atoms with van der Waals surface area (Å²) in [4.78, 5) is 1.30. The molecule has 1 heteroatoms. The van der Waals surface area contributed by atoms with Crippen molar-refractivity contribution < 1.29 is 2.78 Å². The number of aromatic nitrogens is 1. The van der Waals surface area contributed by atoms with Crippen LogP contribution in [0.15, 0.2) is 36.5 Å². The number of hydrogen-bond acceptors (Lipinski definition) is 0. The first kappa shape index (κ1) is 3.06. The Kier molecular flexibility index (Phi) is 0.552. The van der Waals surface area contributed by atoms with Gasteiger partial charge in [-0.2, -0.15) is 0 Å². The topological polar surface area (TPSA) is 15.8 Å². The van der Waals surface area contributed by atoms with E-state index in [0.717, 1.165) is 10.9 Å². The van der Waals surface area contributed by atoms with E-state index in [1.807, 2.05) is 6.07 Å². The molecular formula is C8H7N. The molecule has 1 aromatic heterocycles. The third kappa shape index (κ3) is 0.617. The van der Waals surface area contributed by atoms with Crippen LogP contribution in [0.2, 0.25) is 1.41 Å². The average molecular weight is 119 g/mol. The predicted octanol–water partition coefficient (Wildman–Crippen LogP) is 2.17. The number of para-hydroxylation sites is 1. The van der Waals surface area contributed by atoms with E-state index in [2.05, 4.69) is 0 Å². The van der Waals surface area contributed by atoms with E-state index in [1.54, 1.807) is 24.4 Å². The fraction of sp³-hybridized carbons (Fsp3) is 0. The predicted molar refractivity (Wildman–Crippen MR) is 38.3 cm³/mol. The minimum atomic E-state index is 0.490. The fourth-order valence-electron chi connectivity index (χ4n) is 0.884. The summed E-state index contributed by atoms with van der Waals surface area (Å²) in [5.74, 6) is 0. The van der Waals surface area contributed by atoms with Gasteiger partial charge in [-0.3, -0.25) is 0 Å². The summed E-state index contributed by atoms with van der Waals surface area (Å²) < 4.78 is 14.7. The van der Waals surface area contributed by atoms with E-state index < -0.39 is 0 Å². The molecule has 1 N–H and O–H groups in total. The number of aromatic amines is 1. The molecule has 0 bridgehead atoms. The molecule has 0 spiro atoms. The van der Waals surface area contributed by atoms with Crippen molar-refractivity contribution in [1.29, 1.82) is 0 Å². The van der Waals surface area contributed by atoms with Crippen LogP contribution in [0.1, 0.15) is 1.37 Å². The third-order valence-corrected chi connectivity index (χ3v) is 1.34. The summed E-state index contributed by atoms with van der Waals surface area (Å²) in [6.07, 6.45) is 1.67. The minimum Gasteiger partial charge on any atom is -0.361 e. The maximum Gasteiger partial charge on any atom is 0.166 e. The van der Waals surface area contributed by atoms with Crippen molar-refractivity contribution in [1.82, 2.24) is 4.98 Å². The molecule has 1 aromatic carbocycles. The lowest BCUT2D eigenvalue weighted by atomic mass is 10.3. The van der Waals surface area contributed by atoms with Crippen molar-refractivity contribution in [2.24, 2.45) is 0 Å². The molecule has 0 unspecified atom stereocenters. The molecule has 0 atom stereocenters. The quantitative estimate of drug-likeness (QED) is 0.547. The monoisotopic (exact) mass is 119 g/mol. The van der Waals surface area contributed by atoms with Gasteiger partial charge in [0.05, 0.1) is 1.37 Å². The molecule has 9 heavy (non-hydrogen) atoms. The van der Waals surface area contributed by atoms with Crippen LogP contribution < -0.4 is 0 Å². The van der Waals surface area contributed by atoms with Crippen LogP contribution in [0.3, 0.4) is 0 Å². The van der Waals surface area contributed by atoms with Crippen LogP contribution in [-0.4, -0.2) is 4.98 Å².